The van der Waals surface area contributed by atoms with Gasteiger partial charge in [-0.2, -0.15) is 4.98 Å². The van der Waals surface area contributed by atoms with Gasteiger partial charge in [0, 0.05) is 5.92 Å². The van der Waals surface area contributed by atoms with Crippen molar-refractivity contribution in [2.75, 3.05) is 13.2 Å². The number of nitrogens with two attached hydrogens (primary N) is 1. The zero-order chi connectivity index (χ0) is 16.1. The van der Waals surface area contributed by atoms with Crippen LogP contribution in [0.4, 0.5) is 0 Å². The fourth-order valence-corrected chi connectivity index (χ4v) is 3.94. The molecule has 0 spiro atoms. The van der Waals surface area contributed by atoms with Crippen LogP contribution in [0.1, 0.15) is 61.2 Å². The Morgan fingerprint density at radius 1 is 1.04 bits per heavy atom. The van der Waals surface area contributed by atoms with E-state index in [2.05, 4.69) is 22.3 Å². The van der Waals surface area contributed by atoms with E-state index >= 15 is 0 Å². The van der Waals surface area contributed by atoms with Crippen molar-refractivity contribution in [2.45, 2.75) is 49.5 Å². The topological polar surface area (TPSA) is 83.4 Å². The Labute approximate surface area is 152 Å². The Hall–Kier alpha value is -1.79. The number of hydrogen-bond acceptors (Lipinski definition) is 6. The number of ether oxygens (including phenoxy) is 2. The Morgan fingerprint density at radius 2 is 1.80 bits per heavy atom. The molecule has 2 unspecified atom stereocenters. The average molecular weight is 364 g/mol. The molecule has 6 nitrogen and oxygen atoms in total. The van der Waals surface area contributed by atoms with E-state index in [0.717, 1.165) is 49.5 Å². The number of rotatable bonds is 3. The summed E-state index contributed by atoms with van der Waals surface area (Å²) in [5.74, 6) is 3.77. The molecule has 2 fully saturated rings. The van der Waals surface area contributed by atoms with Crippen molar-refractivity contribution >= 4 is 12.4 Å². The lowest BCUT2D eigenvalue weighted by Gasteiger charge is -2.18. The molecule has 2 N–H and O–H groups in total. The maximum Gasteiger partial charge on any atom is 0.230 e. The lowest BCUT2D eigenvalue weighted by Crippen LogP contribution is -2.34. The normalized spacial score (nSPS) is 26.1. The van der Waals surface area contributed by atoms with Crippen molar-refractivity contribution in [3.63, 3.8) is 0 Å². The molecule has 0 radical (unpaired) electrons. The first kappa shape index (κ1) is 16.7. The smallest absolute Gasteiger partial charge is 0.230 e. The number of fused-ring (bicyclic) bond motifs is 1. The monoisotopic (exact) mass is 363 g/mol. The second-order valence-electron chi connectivity index (χ2n) is 7.17. The molecule has 3 aliphatic rings. The van der Waals surface area contributed by atoms with Gasteiger partial charge in [-0.15, -0.1) is 12.4 Å². The van der Waals surface area contributed by atoms with Crippen LogP contribution in [0.15, 0.2) is 22.7 Å². The van der Waals surface area contributed by atoms with E-state index in [1.807, 2.05) is 6.07 Å². The SMILES string of the molecule is Cl.NC1(c2noc(C3CC3c3ccc4c(c3)OCCO4)n2)CCCC1. The average Bonchev–Trinajstić information content (AvgIpc) is 3.03. The summed E-state index contributed by atoms with van der Waals surface area (Å²) in [6.07, 6.45) is 5.20. The van der Waals surface area contributed by atoms with Crippen molar-refractivity contribution in [1.29, 1.82) is 0 Å². The molecule has 2 heterocycles. The van der Waals surface area contributed by atoms with E-state index in [4.69, 9.17) is 19.7 Å². The summed E-state index contributed by atoms with van der Waals surface area (Å²) in [6, 6.07) is 6.18. The van der Waals surface area contributed by atoms with Gasteiger partial charge in [0.2, 0.25) is 5.89 Å². The minimum atomic E-state index is -0.386. The third-order valence-corrected chi connectivity index (χ3v) is 5.48. The van der Waals surface area contributed by atoms with Gasteiger partial charge in [0.1, 0.15) is 13.2 Å². The van der Waals surface area contributed by atoms with Gasteiger partial charge in [0.25, 0.3) is 0 Å². The fraction of sp³-hybridized carbons (Fsp3) is 0.556. The summed E-state index contributed by atoms with van der Waals surface area (Å²) < 4.78 is 16.8. The molecule has 2 saturated carbocycles. The van der Waals surface area contributed by atoms with Crippen LogP contribution in [0.2, 0.25) is 0 Å². The molecule has 2 atom stereocenters. The van der Waals surface area contributed by atoms with Crippen LogP contribution in [0, 0.1) is 0 Å². The highest BCUT2D eigenvalue weighted by Crippen LogP contribution is 2.55. The van der Waals surface area contributed by atoms with Crippen LogP contribution < -0.4 is 15.2 Å². The van der Waals surface area contributed by atoms with Gasteiger partial charge in [-0.25, -0.2) is 0 Å². The van der Waals surface area contributed by atoms with Gasteiger partial charge < -0.3 is 19.7 Å². The lowest BCUT2D eigenvalue weighted by atomic mass is 9.99. The summed E-state index contributed by atoms with van der Waals surface area (Å²) in [5.41, 5.74) is 7.28. The standard InChI is InChI=1S/C18H21N3O3.ClH/c19-18(5-1-2-6-18)17-20-16(24-21-17)13-10-12(13)11-3-4-14-15(9-11)23-8-7-22-14;/h3-4,9,12-13H,1-2,5-8,10,19H2;1H. The van der Waals surface area contributed by atoms with Crippen LogP contribution in [-0.4, -0.2) is 23.4 Å². The molecule has 7 heteroatoms. The third-order valence-electron chi connectivity index (χ3n) is 5.48. The van der Waals surface area contributed by atoms with E-state index < -0.39 is 0 Å². The second kappa shape index (κ2) is 6.18. The van der Waals surface area contributed by atoms with Gasteiger partial charge >= 0.3 is 0 Å². The molecule has 1 aromatic heterocycles. The number of halogens is 1. The maximum atomic E-state index is 6.42. The van der Waals surface area contributed by atoms with Gasteiger partial charge in [0.15, 0.2) is 17.3 Å². The van der Waals surface area contributed by atoms with Gasteiger partial charge in [-0.05, 0) is 42.9 Å². The molecular formula is C18H22ClN3O3. The van der Waals surface area contributed by atoms with E-state index in [1.165, 1.54) is 5.56 Å². The van der Waals surface area contributed by atoms with E-state index in [1.54, 1.807) is 0 Å². The molecule has 1 aliphatic heterocycles. The minimum Gasteiger partial charge on any atom is -0.486 e. The Morgan fingerprint density at radius 3 is 2.60 bits per heavy atom. The quantitative estimate of drug-likeness (QED) is 0.901. The summed E-state index contributed by atoms with van der Waals surface area (Å²) >= 11 is 0. The van der Waals surface area contributed by atoms with Crippen LogP contribution in [-0.2, 0) is 5.54 Å². The van der Waals surface area contributed by atoms with Gasteiger partial charge in [0.05, 0.1) is 5.54 Å². The molecule has 5 rings (SSSR count). The zero-order valence-electron chi connectivity index (χ0n) is 13.9. The highest BCUT2D eigenvalue weighted by atomic mass is 35.5. The fourth-order valence-electron chi connectivity index (χ4n) is 3.94. The Kier molecular flexibility index (Phi) is 4.12. The molecule has 2 aromatic rings. The van der Waals surface area contributed by atoms with Crippen molar-refractivity contribution in [1.82, 2.24) is 10.1 Å². The van der Waals surface area contributed by atoms with Gasteiger partial charge in [-0.3, -0.25) is 0 Å². The van der Waals surface area contributed by atoms with Crippen LogP contribution in [0.3, 0.4) is 0 Å². The molecule has 25 heavy (non-hydrogen) atoms. The van der Waals surface area contributed by atoms with Crippen molar-refractivity contribution in [2.24, 2.45) is 5.73 Å². The first-order chi connectivity index (χ1) is 11.7. The first-order valence-corrected chi connectivity index (χ1v) is 8.75. The van der Waals surface area contributed by atoms with Crippen LogP contribution >= 0.6 is 12.4 Å². The number of benzene rings is 1. The number of nitrogens with zero attached hydrogens (tertiary/aromatic N) is 2. The van der Waals surface area contributed by atoms with E-state index in [9.17, 15) is 0 Å². The predicted octanol–water partition coefficient (Wildman–Crippen LogP) is 3.26. The number of aromatic nitrogens is 2. The maximum absolute atomic E-state index is 6.42. The highest BCUT2D eigenvalue weighted by Gasteiger charge is 2.45. The van der Waals surface area contributed by atoms with Crippen LogP contribution in [0.25, 0.3) is 0 Å². The third kappa shape index (κ3) is 2.87. The second-order valence-corrected chi connectivity index (χ2v) is 7.17. The summed E-state index contributed by atoms with van der Waals surface area (Å²) in [4.78, 5) is 4.63. The molecule has 0 saturated heterocycles. The predicted molar refractivity (Wildman–Crippen MR) is 93.4 cm³/mol. The molecule has 0 bridgehead atoms. The van der Waals surface area contributed by atoms with Crippen LogP contribution in [0.5, 0.6) is 11.5 Å². The summed E-state index contributed by atoms with van der Waals surface area (Å²) in [6.45, 7) is 1.22. The lowest BCUT2D eigenvalue weighted by molar-refractivity contribution is 0.171. The van der Waals surface area contributed by atoms with Crippen molar-refractivity contribution in [3.05, 3.63) is 35.5 Å². The summed E-state index contributed by atoms with van der Waals surface area (Å²) in [7, 11) is 0. The largest absolute Gasteiger partial charge is 0.486 e. The summed E-state index contributed by atoms with van der Waals surface area (Å²) in [5, 5.41) is 4.17. The van der Waals surface area contributed by atoms with Crippen molar-refractivity contribution in [3.8, 4) is 11.5 Å². The van der Waals surface area contributed by atoms with Crippen molar-refractivity contribution < 1.29 is 14.0 Å². The molecule has 1 aromatic carbocycles. The first-order valence-electron chi connectivity index (χ1n) is 8.75. The molecule has 2 aliphatic carbocycles. The van der Waals surface area contributed by atoms with E-state index in [-0.39, 0.29) is 17.9 Å². The Bertz CT molecular complexity index is 773. The Balaban J connectivity index is 0.00000157. The number of hydrogen-bond donors (Lipinski definition) is 1. The van der Waals surface area contributed by atoms with Gasteiger partial charge in [-0.1, -0.05) is 24.1 Å². The molecule has 134 valence electrons. The van der Waals surface area contributed by atoms with E-state index in [0.29, 0.717) is 30.9 Å². The molecule has 0 amide bonds. The molecular weight excluding hydrogens is 342 g/mol. The zero-order valence-corrected chi connectivity index (χ0v) is 14.8. The minimum absolute atomic E-state index is 0. The highest BCUT2D eigenvalue weighted by molar-refractivity contribution is 5.85.